The number of urea groups is 1. The van der Waals surface area contributed by atoms with Crippen LogP contribution < -0.4 is 10.6 Å². The molecule has 4 atom stereocenters. The van der Waals surface area contributed by atoms with Crippen molar-refractivity contribution in [2.24, 2.45) is 13.0 Å². The molecule has 2 bridgehead atoms. The van der Waals surface area contributed by atoms with Crippen LogP contribution in [0.2, 0.25) is 0 Å². The number of benzene rings is 2. The molecule has 3 aromatic rings. The first-order valence-electron chi connectivity index (χ1n) is 11.6. The quantitative estimate of drug-likeness (QED) is 0.603. The first kappa shape index (κ1) is 22.1. The summed E-state index contributed by atoms with van der Waals surface area (Å²) in [6, 6.07) is 17.6. The van der Waals surface area contributed by atoms with Crippen molar-refractivity contribution in [1.82, 2.24) is 20.0 Å². The molecule has 2 N–H and O–H groups in total. The molecule has 2 amide bonds. The van der Waals surface area contributed by atoms with Crippen LogP contribution in [0.4, 0.5) is 14.9 Å². The second-order valence-electron chi connectivity index (χ2n) is 9.15. The van der Waals surface area contributed by atoms with Crippen molar-refractivity contribution in [1.29, 1.82) is 5.26 Å². The highest BCUT2D eigenvalue weighted by atomic mass is 19.1. The number of fused-ring (bicyclic) bond motifs is 3. The van der Waals surface area contributed by atoms with Crippen LogP contribution in [0.15, 0.2) is 54.6 Å². The van der Waals surface area contributed by atoms with Crippen molar-refractivity contribution in [3.63, 3.8) is 0 Å². The third-order valence-electron chi connectivity index (χ3n) is 7.06. The summed E-state index contributed by atoms with van der Waals surface area (Å²) in [6.45, 7) is 2.55. The topological polar surface area (TPSA) is 86.0 Å². The van der Waals surface area contributed by atoms with Gasteiger partial charge < -0.3 is 10.6 Å². The number of hydrogen-bond acceptors (Lipinski definition) is 4. The number of nitriles is 1. The van der Waals surface area contributed by atoms with Gasteiger partial charge in [0.15, 0.2) is 0 Å². The zero-order chi connectivity index (χ0) is 23.7. The molecule has 0 spiro atoms. The number of aromatic nitrogens is 2. The van der Waals surface area contributed by atoms with Crippen LogP contribution in [0.5, 0.6) is 0 Å². The van der Waals surface area contributed by atoms with Crippen LogP contribution in [0.25, 0.3) is 11.3 Å². The lowest BCUT2D eigenvalue weighted by atomic mass is 9.74. The van der Waals surface area contributed by atoms with E-state index in [9.17, 15) is 9.18 Å². The lowest BCUT2D eigenvalue weighted by Gasteiger charge is -2.49. The van der Waals surface area contributed by atoms with Gasteiger partial charge in [-0.05, 0) is 73.8 Å². The molecular formula is C26H27FN6O. The van der Waals surface area contributed by atoms with E-state index in [1.165, 1.54) is 17.8 Å². The lowest BCUT2D eigenvalue weighted by molar-refractivity contribution is 0.0296. The third-order valence-corrected chi connectivity index (χ3v) is 7.06. The Balaban J connectivity index is 1.20. The van der Waals surface area contributed by atoms with Gasteiger partial charge in [0, 0.05) is 49.0 Å². The smallest absolute Gasteiger partial charge is 0.319 e. The van der Waals surface area contributed by atoms with E-state index in [0.29, 0.717) is 35.7 Å². The van der Waals surface area contributed by atoms with E-state index in [-0.39, 0.29) is 11.8 Å². The second kappa shape index (κ2) is 9.27. The maximum atomic E-state index is 13.3. The van der Waals surface area contributed by atoms with Crippen molar-refractivity contribution in [3.05, 3.63) is 71.7 Å². The van der Waals surface area contributed by atoms with E-state index in [2.05, 4.69) is 27.7 Å². The summed E-state index contributed by atoms with van der Waals surface area (Å²) < 4.78 is 15.3. The molecule has 7 nitrogen and oxygen atoms in total. The fraction of sp³-hybridized carbons (Fsp3) is 0.346. The number of carbonyl (C=O) groups excluding carboxylic acids is 1. The largest absolute Gasteiger partial charge is 0.336 e. The molecule has 3 fully saturated rings. The van der Waals surface area contributed by atoms with Crippen molar-refractivity contribution in [2.75, 3.05) is 25.0 Å². The summed E-state index contributed by atoms with van der Waals surface area (Å²) in [5, 5.41) is 19.5. The van der Waals surface area contributed by atoms with Crippen LogP contribution in [-0.4, -0.2) is 46.4 Å². The van der Waals surface area contributed by atoms with E-state index >= 15 is 0 Å². The summed E-state index contributed by atoms with van der Waals surface area (Å²) in [5.74, 6) is 0.671. The van der Waals surface area contributed by atoms with Gasteiger partial charge in [0.25, 0.3) is 0 Å². The van der Waals surface area contributed by atoms with Crippen LogP contribution in [0.1, 0.15) is 30.0 Å². The molecule has 4 heterocycles. The van der Waals surface area contributed by atoms with Crippen LogP contribution >= 0.6 is 0 Å². The Labute approximate surface area is 198 Å². The Bertz CT molecular complexity index is 1230. The summed E-state index contributed by atoms with van der Waals surface area (Å²) in [4.78, 5) is 14.9. The van der Waals surface area contributed by atoms with Gasteiger partial charge in [-0.25, -0.2) is 9.18 Å². The normalized spacial score (nSPS) is 23.3. The number of hydrogen-bond donors (Lipinski definition) is 2. The van der Waals surface area contributed by atoms with E-state index in [4.69, 9.17) is 10.4 Å². The predicted octanol–water partition coefficient (Wildman–Crippen LogP) is 4.10. The number of piperidine rings is 3. The van der Waals surface area contributed by atoms with E-state index in [0.717, 1.165) is 37.2 Å². The number of halogens is 1. The van der Waals surface area contributed by atoms with Crippen LogP contribution in [0, 0.1) is 23.1 Å². The standard InChI is InChI=1S/C26H27FN6O/c1-32-25(13-24(31-32)18-5-7-20(27)8-6-18)23-16-33-10-9-19(23)12-22(33)15-29-26(34)30-21-4-2-3-17(11-21)14-28/h2-8,11,13,19,22-23H,9-10,12,15-16H2,1H3,(H2,29,30,34). The molecule has 3 aliphatic rings. The molecule has 34 heavy (non-hydrogen) atoms. The monoisotopic (exact) mass is 458 g/mol. The summed E-state index contributed by atoms with van der Waals surface area (Å²) in [6.07, 6.45) is 2.15. The maximum Gasteiger partial charge on any atom is 0.319 e. The fourth-order valence-corrected chi connectivity index (χ4v) is 5.33. The minimum absolute atomic E-state index is 0.249. The first-order valence-corrected chi connectivity index (χ1v) is 11.6. The van der Waals surface area contributed by atoms with Crippen molar-refractivity contribution in [3.8, 4) is 17.3 Å². The zero-order valence-electron chi connectivity index (χ0n) is 19.0. The second-order valence-corrected chi connectivity index (χ2v) is 9.15. The lowest BCUT2D eigenvalue weighted by Crippen LogP contribution is -2.56. The molecule has 3 aliphatic heterocycles. The molecule has 2 aromatic carbocycles. The molecule has 0 aliphatic carbocycles. The highest BCUT2D eigenvalue weighted by Crippen LogP contribution is 2.42. The number of nitrogens with zero attached hydrogens (tertiary/aromatic N) is 4. The molecule has 8 heteroatoms. The fourth-order valence-electron chi connectivity index (χ4n) is 5.33. The SMILES string of the molecule is Cn1nc(-c2ccc(F)cc2)cc1C1CN2CCC1CC2CNC(=O)Nc1cccc(C#N)c1. The van der Waals surface area contributed by atoms with Gasteiger partial charge in [0.05, 0.1) is 17.3 Å². The molecule has 3 saturated heterocycles. The summed E-state index contributed by atoms with van der Waals surface area (Å²) >= 11 is 0. The number of nitrogens with one attached hydrogen (secondary N) is 2. The van der Waals surface area contributed by atoms with Gasteiger partial charge in [-0.3, -0.25) is 9.58 Å². The molecule has 1 aromatic heterocycles. The average Bonchev–Trinajstić information content (AvgIpc) is 3.25. The van der Waals surface area contributed by atoms with Crippen LogP contribution in [-0.2, 0) is 7.05 Å². The van der Waals surface area contributed by atoms with Gasteiger partial charge in [-0.1, -0.05) is 6.07 Å². The van der Waals surface area contributed by atoms with Crippen LogP contribution in [0.3, 0.4) is 0 Å². The molecule has 0 radical (unpaired) electrons. The Morgan fingerprint density at radius 3 is 2.79 bits per heavy atom. The van der Waals surface area contributed by atoms with Gasteiger partial charge in [-0.2, -0.15) is 10.4 Å². The molecule has 6 rings (SSSR count). The zero-order valence-corrected chi connectivity index (χ0v) is 19.0. The number of amides is 2. The number of anilines is 1. The van der Waals surface area contributed by atoms with Crippen molar-refractivity contribution < 1.29 is 9.18 Å². The van der Waals surface area contributed by atoms with Crippen molar-refractivity contribution >= 4 is 11.7 Å². The average molecular weight is 459 g/mol. The number of aryl methyl sites for hydroxylation is 1. The first-order chi connectivity index (χ1) is 16.5. The Kier molecular flexibility index (Phi) is 6.03. The molecule has 0 saturated carbocycles. The van der Waals surface area contributed by atoms with Crippen molar-refractivity contribution in [2.45, 2.75) is 24.8 Å². The number of rotatable bonds is 5. The maximum absolute atomic E-state index is 13.3. The van der Waals surface area contributed by atoms with E-state index < -0.39 is 0 Å². The highest BCUT2D eigenvalue weighted by molar-refractivity contribution is 5.89. The Morgan fingerprint density at radius 1 is 1.24 bits per heavy atom. The summed E-state index contributed by atoms with van der Waals surface area (Å²) in [5.41, 5.74) is 4.10. The molecular weight excluding hydrogens is 431 g/mol. The highest BCUT2D eigenvalue weighted by Gasteiger charge is 2.41. The van der Waals surface area contributed by atoms with Gasteiger partial charge in [-0.15, -0.1) is 0 Å². The Hall–Kier alpha value is -3.70. The minimum atomic E-state index is -0.259. The van der Waals surface area contributed by atoms with E-state index in [1.54, 1.807) is 36.4 Å². The molecule has 174 valence electrons. The minimum Gasteiger partial charge on any atom is -0.336 e. The summed E-state index contributed by atoms with van der Waals surface area (Å²) in [7, 11) is 1.98. The Morgan fingerprint density at radius 2 is 2.06 bits per heavy atom. The third kappa shape index (κ3) is 4.52. The number of carbonyl (C=O) groups is 1. The molecule has 4 unspecified atom stereocenters. The van der Waals surface area contributed by atoms with Gasteiger partial charge in [0.2, 0.25) is 0 Å². The van der Waals surface area contributed by atoms with Gasteiger partial charge >= 0.3 is 6.03 Å². The van der Waals surface area contributed by atoms with Gasteiger partial charge in [0.1, 0.15) is 5.82 Å². The van der Waals surface area contributed by atoms with E-state index in [1.807, 2.05) is 11.7 Å². The predicted molar refractivity (Wildman–Crippen MR) is 128 cm³/mol.